The van der Waals surface area contributed by atoms with E-state index in [-0.39, 0.29) is 6.79 Å². The zero-order valence-corrected chi connectivity index (χ0v) is 8.60. The summed E-state index contributed by atoms with van der Waals surface area (Å²) in [5.74, 6) is 0.756. The Morgan fingerprint density at radius 3 is 2.69 bits per heavy atom. The van der Waals surface area contributed by atoms with E-state index in [1.165, 1.54) is 5.56 Å². The minimum Gasteiger partial charge on any atom is -0.468 e. The molecule has 0 atom stereocenters. The maximum atomic E-state index is 5.89. The molecule has 72 valence electrons. The van der Waals surface area contributed by atoms with Crippen molar-refractivity contribution in [2.45, 2.75) is 13.3 Å². The maximum absolute atomic E-state index is 5.89. The molecule has 0 amide bonds. The summed E-state index contributed by atoms with van der Waals surface area (Å²) in [4.78, 5) is 0. The fourth-order valence-electron chi connectivity index (χ4n) is 1.04. The summed E-state index contributed by atoms with van der Waals surface area (Å²) in [6, 6.07) is 5.67. The van der Waals surface area contributed by atoms with Crippen LogP contribution in [0, 0.1) is 0 Å². The predicted octanol–water partition coefficient (Wildman–Crippen LogP) is 2.89. The molecular formula is C10H13ClO2. The largest absolute Gasteiger partial charge is 0.468 e. The Labute approximate surface area is 83.4 Å². The van der Waals surface area contributed by atoms with Crippen molar-refractivity contribution < 1.29 is 9.47 Å². The predicted molar refractivity (Wildman–Crippen MR) is 53.3 cm³/mol. The van der Waals surface area contributed by atoms with Crippen LogP contribution in [0.25, 0.3) is 0 Å². The van der Waals surface area contributed by atoms with Crippen LogP contribution in [-0.4, -0.2) is 13.9 Å². The monoisotopic (exact) mass is 200 g/mol. The van der Waals surface area contributed by atoms with Crippen LogP contribution in [0.15, 0.2) is 18.2 Å². The second-order valence-electron chi connectivity index (χ2n) is 2.70. The summed E-state index contributed by atoms with van der Waals surface area (Å²) in [6.45, 7) is 2.33. The van der Waals surface area contributed by atoms with Crippen LogP contribution in [0.2, 0.25) is 5.02 Å². The lowest BCUT2D eigenvalue weighted by atomic mass is 10.2. The number of aryl methyl sites for hydroxylation is 1. The van der Waals surface area contributed by atoms with E-state index in [1.807, 2.05) is 12.1 Å². The van der Waals surface area contributed by atoms with Crippen molar-refractivity contribution in [2.24, 2.45) is 0 Å². The van der Waals surface area contributed by atoms with Crippen molar-refractivity contribution in [2.75, 3.05) is 13.9 Å². The number of hydrogen-bond acceptors (Lipinski definition) is 2. The molecule has 0 aliphatic heterocycles. The van der Waals surface area contributed by atoms with E-state index >= 15 is 0 Å². The summed E-state index contributed by atoms with van der Waals surface area (Å²) >= 11 is 5.89. The van der Waals surface area contributed by atoms with Crippen molar-refractivity contribution in [3.8, 4) is 5.75 Å². The van der Waals surface area contributed by atoms with Gasteiger partial charge in [-0.05, 0) is 30.2 Å². The summed E-state index contributed by atoms with van der Waals surface area (Å²) in [6.07, 6.45) is 0.948. The van der Waals surface area contributed by atoms with Gasteiger partial charge in [-0.3, -0.25) is 0 Å². The summed E-state index contributed by atoms with van der Waals surface area (Å²) in [5.41, 5.74) is 1.17. The quantitative estimate of drug-likeness (QED) is 0.696. The maximum Gasteiger partial charge on any atom is 0.188 e. The van der Waals surface area contributed by atoms with E-state index < -0.39 is 0 Å². The van der Waals surface area contributed by atoms with Crippen molar-refractivity contribution >= 4 is 11.6 Å². The number of hydrogen-bond donors (Lipinski definition) is 0. The normalized spacial score (nSPS) is 10.1. The van der Waals surface area contributed by atoms with Crippen molar-refractivity contribution in [1.82, 2.24) is 0 Å². The minimum atomic E-state index is 0.253. The first-order valence-electron chi connectivity index (χ1n) is 4.17. The van der Waals surface area contributed by atoms with Gasteiger partial charge in [0.2, 0.25) is 0 Å². The van der Waals surface area contributed by atoms with Gasteiger partial charge < -0.3 is 9.47 Å². The first kappa shape index (κ1) is 10.4. The number of benzene rings is 1. The zero-order valence-electron chi connectivity index (χ0n) is 7.84. The van der Waals surface area contributed by atoms with Gasteiger partial charge in [-0.1, -0.05) is 18.5 Å². The smallest absolute Gasteiger partial charge is 0.188 e. The van der Waals surface area contributed by atoms with Gasteiger partial charge in [-0.15, -0.1) is 0 Å². The molecule has 0 radical (unpaired) electrons. The van der Waals surface area contributed by atoms with Crippen LogP contribution >= 0.6 is 11.6 Å². The Morgan fingerprint density at radius 1 is 1.31 bits per heavy atom. The first-order valence-corrected chi connectivity index (χ1v) is 4.55. The Hall–Kier alpha value is -0.730. The van der Waals surface area contributed by atoms with Gasteiger partial charge in [0.1, 0.15) is 5.75 Å². The van der Waals surface area contributed by atoms with E-state index in [2.05, 4.69) is 6.92 Å². The standard InChI is InChI=1S/C10H13ClO2/c1-3-8-4-9(11)6-10(5-8)13-7-12-2/h4-6H,3,7H2,1-2H3. The number of halogens is 1. The van der Waals surface area contributed by atoms with Gasteiger partial charge in [0.15, 0.2) is 6.79 Å². The Kier molecular flexibility index (Phi) is 4.06. The van der Waals surface area contributed by atoms with Gasteiger partial charge >= 0.3 is 0 Å². The average molecular weight is 201 g/mol. The van der Waals surface area contributed by atoms with Crippen LogP contribution < -0.4 is 4.74 Å². The third-order valence-corrected chi connectivity index (χ3v) is 1.90. The molecule has 1 aromatic carbocycles. The molecule has 13 heavy (non-hydrogen) atoms. The first-order chi connectivity index (χ1) is 6.26. The Balaban J connectivity index is 2.76. The lowest BCUT2D eigenvalue weighted by Gasteiger charge is -2.06. The van der Waals surface area contributed by atoms with Gasteiger partial charge in [0.25, 0.3) is 0 Å². The lowest BCUT2D eigenvalue weighted by Crippen LogP contribution is -1.99. The lowest BCUT2D eigenvalue weighted by molar-refractivity contribution is 0.0511. The Bertz CT molecular complexity index is 274. The van der Waals surface area contributed by atoms with E-state index in [0.717, 1.165) is 12.2 Å². The fourth-order valence-corrected chi connectivity index (χ4v) is 1.28. The SMILES string of the molecule is CCc1cc(Cl)cc(OCOC)c1. The molecule has 2 nitrogen and oxygen atoms in total. The van der Waals surface area contributed by atoms with Crippen molar-refractivity contribution in [1.29, 1.82) is 0 Å². The van der Waals surface area contributed by atoms with E-state index in [9.17, 15) is 0 Å². The third-order valence-electron chi connectivity index (χ3n) is 1.68. The van der Waals surface area contributed by atoms with Gasteiger partial charge in [0.05, 0.1) is 0 Å². The molecule has 3 heteroatoms. The fraction of sp³-hybridized carbons (Fsp3) is 0.400. The summed E-state index contributed by atoms with van der Waals surface area (Å²) in [5, 5.41) is 0.699. The van der Waals surface area contributed by atoms with Crippen LogP contribution in [0.1, 0.15) is 12.5 Å². The van der Waals surface area contributed by atoms with Gasteiger partial charge in [0, 0.05) is 12.1 Å². The molecule has 0 aliphatic rings. The molecule has 0 N–H and O–H groups in total. The minimum absolute atomic E-state index is 0.253. The molecule has 0 heterocycles. The Morgan fingerprint density at radius 2 is 2.08 bits per heavy atom. The van der Waals surface area contributed by atoms with Gasteiger partial charge in [-0.2, -0.15) is 0 Å². The summed E-state index contributed by atoms with van der Waals surface area (Å²) in [7, 11) is 1.59. The highest BCUT2D eigenvalue weighted by Crippen LogP contribution is 2.21. The van der Waals surface area contributed by atoms with Crippen LogP contribution in [0.3, 0.4) is 0 Å². The molecular weight excluding hydrogens is 188 g/mol. The van der Waals surface area contributed by atoms with Crippen molar-refractivity contribution in [3.63, 3.8) is 0 Å². The van der Waals surface area contributed by atoms with Gasteiger partial charge in [-0.25, -0.2) is 0 Å². The molecule has 0 saturated carbocycles. The molecule has 1 aromatic rings. The highest BCUT2D eigenvalue weighted by atomic mass is 35.5. The van der Waals surface area contributed by atoms with Crippen molar-refractivity contribution in [3.05, 3.63) is 28.8 Å². The third kappa shape index (κ3) is 3.25. The molecule has 0 aromatic heterocycles. The van der Waals surface area contributed by atoms with E-state index in [4.69, 9.17) is 21.1 Å². The zero-order chi connectivity index (χ0) is 9.68. The molecule has 0 bridgehead atoms. The van der Waals surface area contributed by atoms with E-state index in [0.29, 0.717) is 5.02 Å². The molecule has 0 aliphatic carbocycles. The molecule has 1 rings (SSSR count). The molecule has 0 spiro atoms. The van der Waals surface area contributed by atoms with Crippen LogP contribution in [0.4, 0.5) is 0 Å². The second kappa shape index (κ2) is 5.10. The molecule has 0 unspecified atom stereocenters. The topological polar surface area (TPSA) is 18.5 Å². The van der Waals surface area contributed by atoms with E-state index in [1.54, 1.807) is 13.2 Å². The highest BCUT2D eigenvalue weighted by Gasteiger charge is 1.98. The van der Waals surface area contributed by atoms with Crippen LogP contribution in [0.5, 0.6) is 5.75 Å². The van der Waals surface area contributed by atoms with Crippen LogP contribution in [-0.2, 0) is 11.2 Å². The highest BCUT2D eigenvalue weighted by molar-refractivity contribution is 6.30. The average Bonchev–Trinajstić information content (AvgIpc) is 2.14. The number of rotatable bonds is 4. The number of ether oxygens (including phenoxy) is 2. The second-order valence-corrected chi connectivity index (χ2v) is 3.14. The molecule has 0 fully saturated rings. The molecule has 0 saturated heterocycles. The number of methoxy groups -OCH3 is 1. The summed E-state index contributed by atoms with van der Waals surface area (Å²) < 4.78 is 10.1.